The molecule has 21 heavy (non-hydrogen) atoms. The van der Waals surface area contributed by atoms with Crippen molar-refractivity contribution in [1.29, 1.82) is 0 Å². The molecule has 7 heteroatoms. The maximum Gasteiger partial charge on any atom is 0.234 e. The van der Waals surface area contributed by atoms with E-state index in [2.05, 4.69) is 37.5 Å². The number of carbonyl (C=O) groups excluding carboxylic acids is 1. The van der Waals surface area contributed by atoms with Crippen molar-refractivity contribution in [3.05, 3.63) is 36.4 Å². The molecule has 0 fully saturated rings. The highest BCUT2D eigenvalue weighted by Gasteiger charge is 2.07. The van der Waals surface area contributed by atoms with Gasteiger partial charge >= 0.3 is 0 Å². The second-order valence-corrected chi connectivity index (χ2v) is 4.75. The smallest absolute Gasteiger partial charge is 0.234 e. The molecule has 2 rings (SSSR count). The summed E-state index contributed by atoms with van der Waals surface area (Å²) in [5.74, 6) is 0.496. The van der Waals surface area contributed by atoms with E-state index >= 15 is 0 Å². The predicted octanol–water partition coefficient (Wildman–Crippen LogP) is 1.66. The van der Waals surface area contributed by atoms with E-state index in [0.717, 1.165) is 12.8 Å². The van der Waals surface area contributed by atoms with Crippen molar-refractivity contribution in [3.8, 4) is 0 Å². The van der Waals surface area contributed by atoms with E-state index < -0.39 is 0 Å². The Morgan fingerprint density at radius 3 is 2.67 bits per heavy atom. The molecule has 0 radical (unpaired) electrons. The first-order valence-electron chi connectivity index (χ1n) is 6.75. The standard InChI is InChI=1S/C14H18N6O/c1-10(3-4-12-5-7-15-8-6-12)18-13-16-9-17-14(20-13)19-11(2)21/h5-10H,3-4H2,1-2H3,(H2,16,17,18,19,20,21). The lowest BCUT2D eigenvalue weighted by Gasteiger charge is -2.13. The Labute approximate surface area is 123 Å². The summed E-state index contributed by atoms with van der Waals surface area (Å²) in [5, 5.41) is 5.72. The first kappa shape index (κ1) is 14.8. The summed E-state index contributed by atoms with van der Waals surface area (Å²) in [4.78, 5) is 27.0. The van der Waals surface area contributed by atoms with Gasteiger partial charge in [0.15, 0.2) is 0 Å². The largest absolute Gasteiger partial charge is 0.352 e. The van der Waals surface area contributed by atoms with Crippen LogP contribution in [-0.2, 0) is 11.2 Å². The number of aryl methyl sites for hydroxylation is 1. The summed E-state index contributed by atoms with van der Waals surface area (Å²) in [6.45, 7) is 3.47. The van der Waals surface area contributed by atoms with Crippen LogP contribution in [0.3, 0.4) is 0 Å². The molecule has 0 aliphatic rings. The average molecular weight is 286 g/mol. The van der Waals surface area contributed by atoms with Gasteiger partial charge in [-0.1, -0.05) is 0 Å². The quantitative estimate of drug-likeness (QED) is 0.839. The van der Waals surface area contributed by atoms with Crippen molar-refractivity contribution in [2.45, 2.75) is 32.7 Å². The molecule has 2 heterocycles. The molecule has 0 bridgehead atoms. The summed E-state index contributed by atoms with van der Waals surface area (Å²) < 4.78 is 0. The number of rotatable bonds is 6. The van der Waals surface area contributed by atoms with E-state index in [9.17, 15) is 4.79 Å². The van der Waals surface area contributed by atoms with Crippen molar-refractivity contribution in [3.63, 3.8) is 0 Å². The van der Waals surface area contributed by atoms with Gasteiger partial charge in [-0.3, -0.25) is 15.1 Å². The molecule has 110 valence electrons. The van der Waals surface area contributed by atoms with Crippen molar-refractivity contribution in [1.82, 2.24) is 19.9 Å². The number of hydrogen-bond acceptors (Lipinski definition) is 6. The van der Waals surface area contributed by atoms with Crippen LogP contribution in [0, 0.1) is 0 Å². The highest BCUT2D eigenvalue weighted by Crippen LogP contribution is 2.08. The van der Waals surface area contributed by atoms with E-state index in [-0.39, 0.29) is 17.9 Å². The second-order valence-electron chi connectivity index (χ2n) is 4.75. The molecule has 0 aliphatic heterocycles. The molecule has 0 saturated carbocycles. The Morgan fingerprint density at radius 1 is 1.24 bits per heavy atom. The van der Waals surface area contributed by atoms with Crippen LogP contribution in [-0.4, -0.2) is 31.9 Å². The zero-order valence-electron chi connectivity index (χ0n) is 12.1. The van der Waals surface area contributed by atoms with Gasteiger partial charge in [-0.2, -0.15) is 4.98 Å². The van der Waals surface area contributed by atoms with Crippen molar-refractivity contribution in [2.75, 3.05) is 10.6 Å². The molecular formula is C14H18N6O. The van der Waals surface area contributed by atoms with Crippen LogP contribution in [0.5, 0.6) is 0 Å². The van der Waals surface area contributed by atoms with Gasteiger partial charge in [0, 0.05) is 25.4 Å². The summed E-state index contributed by atoms with van der Waals surface area (Å²) in [7, 11) is 0. The van der Waals surface area contributed by atoms with E-state index in [1.807, 2.05) is 12.1 Å². The highest BCUT2D eigenvalue weighted by molar-refractivity contribution is 5.86. The van der Waals surface area contributed by atoms with E-state index in [4.69, 9.17) is 0 Å². The molecule has 0 aliphatic carbocycles. The number of anilines is 2. The van der Waals surface area contributed by atoms with Gasteiger partial charge in [0.2, 0.25) is 17.8 Å². The summed E-state index contributed by atoms with van der Waals surface area (Å²) >= 11 is 0. The minimum atomic E-state index is -0.210. The van der Waals surface area contributed by atoms with Gasteiger partial charge in [-0.25, -0.2) is 9.97 Å². The molecule has 0 saturated heterocycles. The van der Waals surface area contributed by atoms with E-state index in [1.165, 1.54) is 18.8 Å². The van der Waals surface area contributed by atoms with Crippen LogP contribution in [0.2, 0.25) is 0 Å². The first-order valence-corrected chi connectivity index (χ1v) is 6.75. The van der Waals surface area contributed by atoms with E-state index in [0.29, 0.717) is 5.95 Å². The van der Waals surface area contributed by atoms with Crippen molar-refractivity contribution >= 4 is 17.8 Å². The minimum absolute atomic E-state index is 0.200. The van der Waals surface area contributed by atoms with Crippen LogP contribution >= 0.6 is 0 Å². The Balaban J connectivity index is 1.87. The SMILES string of the molecule is CC(=O)Nc1ncnc(NC(C)CCc2ccncc2)n1. The van der Waals surface area contributed by atoms with Crippen LogP contribution in [0.1, 0.15) is 25.8 Å². The number of amides is 1. The number of carbonyl (C=O) groups is 1. The van der Waals surface area contributed by atoms with Gasteiger partial charge in [0.25, 0.3) is 0 Å². The Bertz CT molecular complexity index is 589. The molecule has 1 amide bonds. The monoisotopic (exact) mass is 286 g/mol. The fourth-order valence-corrected chi connectivity index (χ4v) is 1.81. The normalized spacial score (nSPS) is 11.7. The molecule has 2 aromatic rings. The van der Waals surface area contributed by atoms with Gasteiger partial charge in [-0.15, -0.1) is 0 Å². The van der Waals surface area contributed by atoms with Gasteiger partial charge in [0.05, 0.1) is 0 Å². The molecule has 1 atom stereocenters. The van der Waals surface area contributed by atoms with Crippen LogP contribution < -0.4 is 10.6 Å². The summed E-state index contributed by atoms with van der Waals surface area (Å²) in [6, 6.07) is 4.21. The molecule has 2 aromatic heterocycles. The fraction of sp³-hybridized carbons (Fsp3) is 0.357. The van der Waals surface area contributed by atoms with Crippen LogP contribution in [0.15, 0.2) is 30.9 Å². The molecule has 2 N–H and O–H groups in total. The first-order chi connectivity index (χ1) is 10.1. The lowest BCUT2D eigenvalue weighted by molar-refractivity contribution is -0.114. The topological polar surface area (TPSA) is 92.7 Å². The van der Waals surface area contributed by atoms with E-state index in [1.54, 1.807) is 12.4 Å². The number of hydrogen-bond donors (Lipinski definition) is 2. The van der Waals surface area contributed by atoms with Gasteiger partial charge < -0.3 is 5.32 Å². The molecule has 0 spiro atoms. The lowest BCUT2D eigenvalue weighted by atomic mass is 10.1. The highest BCUT2D eigenvalue weighted by atomic mass is 16.1. The van der Waals surface area contributed by atoms with Gasteiger partial charge in [-0.05, 0) is 37.5 Å². The fourth-order valence-electron chi connectivity index (χ4n) is 1.81. The minimum Gasteiger partial charge on any atom is -0.352 e. The number of nitrogens with zero attached hydrogens (tertiary/aromatic N) is 4. The number of aromatic nitrogens is 4. The maximum atomic E-state index is 11.0. The lowest BCUT2D eigenvalue weighted by Crippen LogP contribution is -2.19. The third kappa shape index (κ3) is 5.13. The zero-order valence-corrected chi connectivity index (χ0v) is 12.1. The Hall–Kier alpha value is -2.57. The molecular weight excluding hydrogens is 268 g/mol. The summed E-state index contributed by atoms with van der Waals surface area (Å²) in [6.07, 6.45) is 6.83. The van der Waals surface area contributed by atoms with Crippen molar-refractivity contribution in [2.24, 2.45) is 0 Å². The third-order valence-corrected chi connectivity index (χ3v) is 2.85. The average Bonchev–Trinajstić information content (AvgIpc) is 2.46. The third-order valence-electron chi connectivity index (χ3n) is 2.85. The van der Waals surface area contributed by atoms with Crippen molar-refractivity contribution < 1.29 is 4.79 Å². The second kappa shape index (κ2) is 7.28. The number of pyridine rings is 1. The Kier molecular flexibility index (Phi) is 5.14. The zero-order chi connectivity index (χ0) is 15.1. The maximum absolute atomic E-state index is 11.0. The Morgan fingerprint density at radius 2 is 1.95 bits per heavy atom. The van der Waals surface area contributed by atoms with Gasteiger partial charge in [0.1, 0.15) is 6.33 Å². The molecule has 1 unspecified atom stereocenters. The summed E-state index contributed by atoms with van der Waals surface area (Å²) in [5.41, 5.74) is 1.24. The molecule has 0 aromatic carbocycles. The number of nitrogens with one attached hydrogen (secondary N) is 2. The molecule has 7 nitrogen and oxygen atoms in total. The van der Waals surface area contributed by atoms with Crippen LogP contribution in [0.25, 0.3) is 0 Å². The predicted molar refractivity (Wildman–Crippen MR) is 79.8 cm³/mol. The van der Waals surface area contributed by atoms with Crippen LogP contribution in [0.4, 0.5) is 11.9 Å².